The Kier molecular flexibility index (Phi) is 3.45. The van der Waals surface area contributed by atoms with Crippen LogP contribution in [-0.2, 0) is 10.3 Å². The van der Waals surface area contributed by atoms with Crippen molar-refractivity contribution in [2.45, 2.75) is 38.1 Å². The fourth-order valence-corrected chi connectivity index (χ4v) is 3.78. The molecule has 0 aromatic heterocycles. The van der Waals surface area contributed by atoms with Gasteiger partial charge in [-0.3, -0.25) is 0 Å². The predicted octanol–water partition coefficient (Wildman–Crippen LogP) is 3.52. The van der Waals surface area contributed by atoms with E-state index in [1.165, 1.54) is 0 Å². The fraction of sp³-hybridized carbons (Fsp3) is 0.533. The molecule has 3 rings (SSSR count). The molecule has 1 aliphatic carbocycles. The SMILES string of the molecule is Cc1cc2c(c(Cl)c1C1(N=C=O)CCCC1)OCCO2. The highest BCUT2D eigenvalue weighted by Crippen LogP contribution is 2.51. The lowest BCUT2D eigenvalue weighted by Crippen LogP contribution is -2.23. The number of hydrogen-bond donors (Lipinski definition) is 0. The average molecular weight is 294 g/mol. The molecule has 1 aromatic carbocycles. The topological polar surface area (TPSA) is 47.9 Å². The van der Waals surface area contributed by atoms with Crippen LogP contribution in [0.15, 0.2) is 11.1 Å². The summed E-state index contributed by atoms with van der Waals surface area (Å²) >= 11 is 6.54. The van der Waals surface area contributed by atoms with Crippen LogP contribution < -0.4 is 9.47 Å². The first-order chi connectivity index (χ1) is 9.68. The van der Waals surface area contributed by atoms with Gasteiger partial charge in [-0.05, 0) is 31.4 Å². The number of aliphatic imine (C=N–C) groups is 1. The molecule has 0 amide bonds. The Bertz CT molecular complexity index is 587. The quantitative estimate of drug-likeness (QED) is 0.619. The first-order valence-electron chi connectivity index (χ1n) is 6.86. The van der Waals surface area contributed by atoms with Gasteiger partial charge in [0.25, 0.3) is 0 Å². The van der Waals surface area contributed by atoms with Crippen molar-refractivity contribution in [3.05, 3.63) is 22.2 Å². The summed E-state index contributed by atoms with van der Waals surface area (Å²) < 4.78 is 11.2. The van der Waals surface area contributed by atoms with Gasteiger partial charge in [-0.15, -0.1) is 0 Å². The molecule has 5 heteroatoms. The van der Waals surface area contributed by atoms with Crippen LogP contribution in [0.2, 0.25) is 5.02 Å². The van der Waals surface area contributed by atoms with E-state index >= 15 is 0 Å². The maximum Gasteiger partial charge on any atom is 0.235 e. The van der Waals surface area contributed by atoms with Crippen LogP contribution in [0.25, 0.3) is 0 Å². The highest BCUT2D eigenvalue weighted by Gasteiger charge is 2.40. The molecule has 0 unspecified atom stereocenters. The molecule has 1 aromatic rings. The first-order valence-corrected chi connectivity index (χ1v) is 7.24. The summed E-state index contributed by atoms with van der Waals surface area (Å²) in [6.07, 6.45) is 5.45. The molecule has 0 N–H and O–H groups in total. The van der Waals surface area contributed by atoms with Crippen LogP contribution in [0.1, 0.15) is 36.8 Å². The van der Waals surface area contributed by atoms with Gasteiger partial charge in [-0.1, -0.05) is 24.4 Å². The highest BCUT2D eigenvalue weighted by atomic mass is 35.5. The molecule has 0 saturated heterocycles. The van der Waals surface area contributed by atoms with Crippen molar-refractivity contribution < 1.29 is 14.3 Å². The third-order valence-corrected chi connectivity index (χ3v) is 4.49. The third kappa shape index (κ3) is 2.00. The Hall–Kier alpha value is -1.51. The number of halogens is 1. The molecule has 1 heterocycles. The van der Waals surface area contributed by atoms with Crippen molar-refractivity contribution >= 4 is 17.7 Å². The monoisotopic (exact) mass is 293 g/mol. The van der Waals surface area contributed by atoms with Crippen LogP contribution in [0.3, 0.4) is 0 Å². The molecule has 0 bridgehead atoms. The Morgan fingerprint density at radius 2 is 2.00 bits per heavy atom. The lowest BCUT2D eigenvalue weighted by Gasteiger charge is -2.29. The van der Waals surface area contributed by atoms with E-state index in [1.807, 2.05) is 13.0 Å². The number of benzene rings is 1. The van der Waals surface area contributed by atoms with Crippen LogP contribution in [0, 0.1) is 6.92 Å². The molecular weight excluding hydrogens is 278 g/mol. The number of fused-ring (bicyclic) bond motifs is 1. The predicted molar refractivity (Wildman–Crippen MR) is 75.4 cm³/mol. The molecular formula is C15H16ClNO3. The van der Waals surface area contributed by atoms with Gasteiger partial charge in [0, 0.05) is 5.56 Å². The van der Waals surface area contributed by atoms with Crippen LogP contribution in [-0.4, -0.2) is 19.3 Å². The first kappa shape index (κ1) is 13.5. The number of rotatable bonds is 2. The van der Waals surface area contributed by atoms with Gasteiger partial charge in [0.2, 0.25) is 6.08 Å². The zero-order chi connectivity index (χ0) is 14.2. The van der Waals surface area contributed by atoms with Crippen molar-refractivity contribution in [1.29, 1.82) is 0 Å². The van der Waals surface area contributed by atoms with Gasteiger partial charge < -0.3 is 9.47 Å². The molecule has 1 fully saturated rings. The number of hydrogen-bond acceptors (Lipinski definition) is 4. The van der Waals surface area contributed by atoms with Crippen molar-refractivity contribution in [3.63, 3.8) is 0 Å². The van der Waals surface area contributed by atoms with Gasteiger partial charge in [-0.2, -0.15) is 4.99 Å². The number of isocyanates is 1. The molecule has 106 valence electrons. The summed E-state index contributed by atoms with van der Waals surface area (Å²) in [6.45, 7) is 2.98. The van der Waals surface area contributed by atoms with Crippen molar-refractivity contribution in [2.24, 2.45) is 4.99 Å². The van der Waals surface area contributed by atoms with Gasteiger partial charge in [0.05, 0.1) is 5.02 Å². The molecule has 1 saturated carbocycles. The average Bonchev–Trinajstić information content (AvgIpc) is 2.88. The lowest BCUT2D eigenvalue weighted by molar-refractivity contribution is 0.171. The van der Waals surface area contributed by atoms with Gasteiger partial charge in [0.15, 0.2) is 11.5 Å². The number of nitrogens with zero attached hydrogens (tertiary/aromatic N) is 1. The summed E-state index contributed by atoms with van der Waals surface area (Å²) in [5.41, 5.74) is 1.34. The van der Waals surface area contributed by atoms with E-state index in [4.69, 9.17) is 21.1 Å². The molecule has 20 heavy (non-hydrogen) atoms. The van der Waals surface area contributed by atoms with E-state index in [0.29, 0.717) is 29.7 Å². The van der Waals surface area contributed by atoms with E-state index in [1.54, 1.807) is 6.08 Å². The minimum atomic E-state index is -0.543. The zero-order valence-corrected chi connectivity index (χ0v) is 12.1. The Labute approximate surface area is 122 Å². The van der Waals surface area contributed by atoms with Crippen LogP contribution >= 0.6 is 11.6 Å². The molecule has 0 radical (unpaired) electrons. The fourth-order valence-electron chi connectivity index (χ4n) is 3.30. The standard InChI is InChI=1S/C15H16ClNO3/c1-10-8-11-14(20-7-6-19-11)13(16)12(10)15(17-9-18)4-2-3-5-15/h8H,2-7H2,1H3. The minimum absolute atomic E-state index is 0.485. The lowest BCUT2D eigenvalue weighted by atomic mass is 9.85. The van der Waals surface area contributed by atoms with Gasteiger partial charge in [-0.25, -0.2) is 4.79 Å². The van der Waals surface area contributed by atoms with Crippen LogP contribution in [0.5, 0.6) is 11.5 Å². The Balaban J connectivity index is 2.20. The second-order valence-corrected chi connectivity index (χ2v) is 5.73. The molecule has 4 nitrogen and oxygen atoms in total. The van der Waals surface area contributed by atoms with E-state index in [-0.39, 0.29) is 0 Å². The number of ether oxygens (including phenoxy) is 2. The maximum absolute atomic E-state index is 10.9. The maximum atomic E-state index is 10.9. The van der Waals surface area contributed by atoms with Gasteiger partial charge >= 0.3 is 0 Å². The summed E-state index contributed by atoms with van der Waals surface area (Å²) in [5.74, 6) is 1.25. The molecule has 0 spiro atoms. The van der Waals surface area contributed by atoms with E-state index in [0.717, 1.165) is 36.8 Å². The van der Waals surface area contributed by atoms with E-state index < -0.39 is 5.54 Å². The van der Waals surface area contributed by atoms with Crippen molar-refractivity contribution in [2.75, 3.05) is 13.2 Å². The van der Waals surface area contributed by atoms with Crippen molar-refractivity contribution in [3.8, 4) is 11.5 Å². The summed E-state index contributed by atoms with van der Waals surface area (Å²) in [4.78, 5) is 15.0. The Morgan fingerprint density at radius 1 is 1.30 bits per heavy atom. The molecule has 1 aliphatic heterocycles. The smallest absolute Gasteiger partial charge is 0.235 e. The molecule has 0 atom stereocenters. The number of carbonyl (C=O) groups excluding carboxylic acids is 1. The zero-order valence-electron chi connectivity index (χ0n) is 11.4. The third-order valence-electron chi connectivity index (χ3n) is 4.13. The van der Waals surface area contributed by atoms with E-state index in [9.17, 15) is 4.79 Å². The minimum Gasteiger partial charge on any atom is -0.486 e. The second kappa shape index (κ2) is 5.12. The summed E-state index contributed by atoms with van der Waals surface area (Å²) in [7, 11) is 0. The van der Waals surface area contributed by atoms with E-state index in [2.05, 4.69) is 4.99 Å². The Morgan fingerprint density at radius 3 is 2.70 bits per heavy atom. The summed E-state index contributed by atoms with van der Waals surface area (Å²) in [6, 6.07) is 1.93. The van der Waals surface area contributed by atoms with Crippen molar-refractivity contribution in [1.82, 2.24) is 0 Å². The second-order valence-electron chi connectivity index (χ2n) is 5.35. The summed E-state index contributed by atoms with van der Waals surface area (Å²) in [5, 5.41) is 0.528. The largest absolute Gasteiger partial charge is 0.486 e. The van der Waals surface area contributed by atoms with Crippen LogP contribution in [0.4, 0.5) is 0 Å². The highest BCUT2D eigenvalue weighted by molar-refractivity contribution is 6.33. The number of aryl methyl sites for hydroxylation is 1. The molecule has 2 aliphatic rings. The van der Waals surface area contributed by atoms with Gasteiger partial charge in [0.1, 0.15) is 18.8 Å². The normalized spacial score (nSPS) is 19.5.